The van der Waals surface area contributed by atoms with Gasteiger partial charge in [-0.25, -0.2) is 0 Å². The van der Waals surface area contributed by atoms with E-state index in [1.54, 1.807) is 0 Å². The molecule has 0 radical (unpaired) electrons. The van der Waals surface area contributed by atoms with Gasteiger partial charge in [0.25, 0.3) is 0 Å². The maximum absolute atomic E-state index is 7.01. The van der Waals surface area contributed by atoms with Crippen molar-refractivity contribution in [3.8, 4) is 11.5 Å². The number of unbranched alkanes of at least 4 members (excludes halogenated alkanes) is 24. The van der Waals surface area contributed by atoms with Crippen molar-refractivity contribution in [3.05, 3.63) is 58.7 Å². The van der Waals surface area contributed by atoms with Crippen molar-refractivity contribution in [2.75, 3.05) is 6.61 Å². The molecule has 328 valence electrons. The average Bonchev–Trinajstić information content (AvgIpc) is 3.19. The van der Waals surface area contributed by atoms with E-state index >= 15 is 0 Å². The van der Waals surface area contributed by atoms with Crippen molar-refractivity contribution < 1.29 is 13.6 Å². The first-order valence-corrected chi connectivity index (χ1v) is 25.9. The summed E-state index contributed by atoms with van der Waals surface area (Å²) in [5, 5.41) is 0. The van der Waals surface area contributed by atoms with Gasteiger partial charge in [0.2, 0.25) is 0 Å². The van der Waals surface area contributed by atoms with E-state index < -0.39 is 8.60 Å². The number of benzene rings is 2. The zero-order chi connectivity index (χ0) is 41.2. The van der Waals surface area contributed by atoms with Crippen LogP contribution in [0.2, 0.25) is 0 Å². The van der Waals surface area contributed by atoms with E-state index in [1.165, 1.54) is 202 Å². The Morgan fingerprint density at radius 2 is 0.684 bits per heavy atom. The zero-order valence-electron chi connectivity index (χ0n) is 39.0. The Labute approximate surface area is 357 Å². The molecular weight excluding hydrogens is 716 g/mol. The Kier molecular flexibility index (Phi) is 30.9. The van der Waals surface area contributed by atoms with Crippen molar-refractivity contribution >= 4 is 8.60 Å². The molecule has 0 atom stereocenters. The van der Waals surface area contributed by atoms with Crippen LogP contribution in [0.5, 0.6) is 11.5 Å². The van der Waals surface area contributed by atoms with Crippen LogP contribution in [0.15, 0.2) is 36.4 Å². The standard InChI is InChI=1S/C53H93O3P/c1-8-12-16-20-24-28-32-38-47-40-36-44-51(49(47)42-34-30-26-22-18-14-10-3)55-57(54-46-53(5,6)7)56-52-45-37-41-48(39-33-29-25-21-17-13-9-2)50(52)43-35-31-27-23-19-15-11-4/h36-37,40-41,44-45H,8-35,38-39,42-43,46H2,1-7H3. The molecule has 0 aliphatic rings. The molecule has 0 aliphatic heterocycles. The quantitative estimate of drug-likeness (QED) is 0.0500. The summed E-state index contributed by atoms with van der Waals surface area (Å²) in [6, 6.07) is 13.6. The second kappa shape index (κ2) is 34.2. The number of rotatable bonds is 38. The second-order valence-electron chi connectivity index (χ2n) is 18.5. The Bertz CT molecular complexity index is 1130. The van der Waals surface area contributed by atoms with E-state index in [2.05, 4.69) is 84.9 Å². The minimum absolute atomic E-state index is 0.00642. The van der Waals surface area contributed by atoms with E-state index in [9.17, 15) is 0 Å². The summed E-state index contributed by atoms with van der Waals surface area (Å²) in [5.41, 5.74) is 5.72. The first-order valence-electron chi connectivity index (χ1n) is 24.8. The molecular formula is C53H93O3P. The van der Waals surface area contributed by atoms with Gasteiger partial charge < -0.3 is 9.05 Å². The summed E-state index contributed by atoms with van der Waals surface area (Å²) in [6.45, 7) is 16.5. The molecule has 2 aromatic carbocycles. The van der Waals surface area contributed by atoms with Crippen LogP contribution >= 0.6 is 8.60 Å². The molecule has 0 amide bonds. The van der Waals surface area contributed by atoms with Gasteiger partial charge in [-0.3, -0.25) is 4.52 Å². The van der Waals surface area contributed by atoms with E-state index in [-0.39, 0.29) is 5.41 Å². The molecule has 0 heterocycles. The maximum atomic E-state index is 7.01. The lowest BCUT2D eigenvalue weighted by atomic mass is 9.95. The molecule has 57 heavy (non-hydrogen) atoms. The largest absolute Gasteiger partial charge is 0.463 e. The Morgan fingerprint density at radius 3 is 1.00 bits per heavy atom. The summed E-state index contributed by atoms with van der Waals surface area (Å²) in [4.78, 5) is 0. The third kappa shape index (κ3) is 25.6. The highest BCUT2D eigenvalue weighted by molar-refractivity contribution is 7.42. The van der Waals surface area contributed by atoms with Gasteiger partial charge in [-0.2, -0.15) is 0 Å². The molecule has 4 heteroatoms. The third-order valence-electron chi connectivity index (χ3n) is 11.6. The summed E-state index contributed by atoms with van der Waals surface area (Å²) in [6.07, 6.45) is 41.5. The first kappa shape index (κ1) is 51.6. The lowest BCUT2D eigenvalue weighted by molar-refractivity contribution is 0.178. The van der Waals surface area contributed by atoms with Crippen molar-refractivity contribution in [2.45, 2.75) is 254 Å². The zero-order valence-corrected chi connectivity index (χ0v) is 39.9. The molecule has 0 saturated carbocycles. The molecule has 0 aliphatic carbocycles. The van der Waals surface area contributed by atoms with Gasteiger partial charge in [-0.05, 0) is 91.2 Å². The highest BCUT2D eigenvalue weighted by Gasteiger charge is 2.25. The van der Waals surface area contributed by atoms with Crippen molar-refractivity contribution in [2.24, 2.45) is 5.41 Å². The number of hydrogen-bond acceptors (Lipinski definition) is 3. The van der Waals surface area contributed by atoms with Gasteiger partial charge in [0, 0.05) is 0 Å². The topological polar surface area (TPSA) is 27.7 Å². The van der Waals surface area contributed by atoms with Crippen molar-refractivity contribution in [3.63, 3.8) is 0 Å². The molecule has 0 spiro atoms. The van der Waals surface area contributed by atoms with Gasteiger partial charge in [0.1, 0.15) is 11.5 Å². The highest BCUT2D eigenvalue weighted by atomic mass is 31.2. The van der Waals surface area contributed by atoms with Crippen molar-refractivity contribution in [1.29, 1.82) is 0 Å². The van der Waals surface area contributed by atoms with Crippen LogP contribution in [-0.4, -0.2) is 6.61 Å². The average molecular weight is 809 g/mol. The summed E-state index contributed by atoms with van der Waals surface area (Å²) in [7, 11) is -1.64. The van der Waals surface area contributed by atoms with E-state index in [4.69, 9.17) is 13.6 Å². The Hall–Kier alpha value is -1.57. The predicted molar refractivity (Wildman–Crippen MR) is 253 cm³/mol. The molecule has 3 nitrogen and oxygen atoms in total. The predicted octanol–water partition coefficient (Wildman–Crippen LogP) is 18.6. The normalized spacial score (nSPS) is 11.9. The fourth-order valence-corrected chi connectivity index (χ4v) is 9.27. The van der Waals surface area contributed by atoms with Gasteiger partial charge >= 0.3 is 8.60 Å². The minimum Gasteiger partial charge on any atom is -0.417 e. The van der Waals surface area contributed by atoms with Crippen LogP contribution < -0.4 is 9.05 Å². The number of aryl methyl sites for hydroxylation is 2. The molecule has 0 bridgehead atoms. The van der Waals surface area contributed by atoms with Crippen LogP contribution in [0.1, 0.15) is 251 Å². The molecule has 2 aromatic rings. The summed E-state index contributed by atoms with van der Waals surface area (Å²) in [5.74, 6) is 1.96. The third-order valence-corrected chi connectivity index (χ3v) is 12.6. The minimum atomic E-state index is -1.64. The van der Waals surface area contributed by atoms with E-state index in [0.717, 1.165) is 37.2 Å². The Morgan fingerprint density at radius 1 is 0.386 bits per heavy atom. The monoisotopic (exact) mass is 809 g/mol. The first-order chi connectivity index (χ1) is 27.8. The Balaban J connectivity index is 2.33. The molecule has 0 N–H and O–H groups in total. The van der Waals surface area contributed by atoms with Crippen LogP contribution in [-0.2, 0) is 30.2 Å². The van der Waals surface area contributed by atoms with E-state index in [0.29, 0.717) is 6.61 Å². The molecule has 0 fully saturated rings. The molecule has 0 unspecified atom stereocenters. The SMILES string of the molecule is CCCCCCCCCc1cccc(OP(OCC(C)(C)C)Oc2cccc(CCCCCCCCC)c2CCCCCCCCC)c1CCCCCCCCC. The van der Waals surface area contributed by atoms with E-state index in [1.807, 2.05) is 0 Å². The van der Waals surface area contributed by atoms with Crippen LogP contribution in [0.25, 0.3) is 0 Å². The summed E-state index contributed by atoms with van der Waals surface area (Å²) < 4.78 is 20.7. The second-order valence-corrected chi connectivity index (χ2v) is 19.6. The van der Waals surface area contributed by atoms with Crippen molar-refractivity contribution in [1.82, 2.24) is 0 Å². The smallest absolute Gasteiger partial charge is 0.417 e. The number of hydrogen-bond donors (Lipinski definition) is 0. The fraction of sp³-hybridized carbons (Fsp3) is 0.774. The highest BCUT2D eigenvalue weighted by Crippen LogP contribution is 2.46. The fourth-order valence-electron chi connectivity index (χ4n) is 7.97. The van der Waals surface area contributed by atoms with Crippen LogP contribution in [0.4, 0.5) is 0 Å². The summed E-state index contributed by atoms with van der Waals surface area (Å²) >= 11 is 0. The lowest BCUT2D eigenvalue weighted by Crippen LogP contribution is -2.15. The van der Waals surface area contributed by atoms with Gasteiger partial charge in [0.05, 0.1) is 6.61 Å². The van der Waals surface area contributed by atoms with Crippen LogP contribution in [0.3, 0.4) is 0 Å². The molecule has 0 aromatic heterocycles. The molecule has 0 saturated heterocycles. The van der Waals surface area contributed by atoms with Gasteiger partial charge in [0.15, 0.2) is 0 Å². The lowest BCUT2D eigenvalue weighted by Gasteiger charge is -2.25. The van der Waals surface area contributed by atoms with Crippen LogP contribution in [0, 0.1) is 5.41 Å². The molecule has 2 rings (SSSR count). The van der Waals surface area contributed by atoms with Gasteiger partial charge in [-0.1, -0.05) is 227 Å². The maximum Gasteiger partial charge on any atom is 0.463 e. The van der Waals surface area contributed by atoms with Gasteiger partial charge in [-0.15, -0.1) is 0 Å².